The first kappa shape index (κ1) is 18.1. The van der Waals surface area contributed by atoms with E-state index in [0.29, 0.717) is 20.8 Å². The zero-order valence-electron chi connectivity index (χ0n) is 13.8. The highest BCUT2D eigenvalue weighted by Gasteiger charge is 2.24. The van der Waals surface area contributed by atoms with Crippen LogP contribution in [0.2, 0.25) is 5.02 Å². The summed E-state index contributed by atoms with van der Waals surface area (Å²) in [6.45, 7) is 1.89. The summed E-state index contributed by atoms with van der Waals surface area (Å²) in [6.07, 6.45) is 1.78. The number of rotatable bonds is 4. The lowest BCUT2D eigenvalue weighted by atomic mass is 10.2. The van der Waals surface area contributed by atoms with Crippen LogP contribution < -0.4 is 10.1 Å². The average molecular weight is 384 g/mol. The molecule has 130 valence electrons. The summed E-state index contributed by atoms with van der Waals surface area (Å²) >= 11 is 7.38. The molecular weight excluding hydrogens is 370 g/mol. The first-order chi connectivity index (χ1) is 12.6. The van der Waals surface area contributed by atoms with Gasteiger partial charge in [-0.15, -0.1) is 0 Å². The second-order valence-electron chi connectivity index (χ2n) is 5.38. The second-order valence-corrected chi connectivity index (χ2v) is 6.82. The highest BCUT2D eigenvalue weighted by atomic mass is 35.5. The van der Waals surface area contributed by atoms with Crippen molar-refractivity contribution < 1.29 is 9.53 Å². The predicted octanol–water partition coefficient (Wildman–Crippen LogP) is 4.44. The standard InChI is InChI=1S/C19H14ClN3O2S/c1-12-15(20)3-2-4-16(12)22-19-23-18(24)17(26-19)11-13-5-7-14(8-6-13)25-10-9-21/h2-8,11H,10H2,1H3,(H,22,23,24)/b17-11-. The van der Waals surface area contributed by atoms with Crippen molar-refractivity contribution in [1.29, 1.82) is 5.26 Å². The Hall–Kier alpha value is -2.75. The van der Waals surface area contributed by atoms with E-state index in [1.807, 2.05) is 37.3 Å². The molecule has 0 radical (unpaired) electrons. The van der Waals surface area contributed by atoms with Gasteiger partial charge < -0.3 is 10.1 Å². The van der Waals surface area contributed by atoms with Crippen LogP contribution in [0.4, 0.5) is 5.69 Å². The van der Waals surface area contributed by atoms with Crippen molar-refractivity contribution >= 4 is 46.2 Å². The molecule has 2 aromatic carbocycles. The fourth-order valence-electron chi connectivity index (χ4n) is 2.23. The molecule has 5 nitrogen and oxygen atoms in total. The van der Waals surface area contributed by atoms with Crippen molar-refractivity contribution in [3.63, 3.8) is 0 Å². The van der Waals surface area contributed by atoms with Crippen molar-refractivity contribution in [2.24, 2.45) is 4.99 Å². The van der Waals surface area contributed by atoms with Crippen LogP contribution in [0.15, 0.2) is 52.4 Å². The molecule has 3 rings (SSSR count). The minimum absolute atomic E-state index is 0.00143. The Morgan fingerprint density at radius 3 is 2.81 bits per heavy atom. The number of carbonyl (C=O) groups is 1. The topological polar surface area (TPSA) is 74.5 Å². The number of carbonyl (C=O) groups excluding carboxylic acids is 1. The van der Waals surface area contributed by atoms with Crippen LogP contribution in [0.25, 0.3) is 6.08 Å². The van der Waals surface area contributed by atoms with Gasteiger partial charge >= 0.3 is 0 Å². The molecule has 26 heavy (non-hydrogen) atoms. The summed E-state index contributed by atoms with van der Waals surface area (Å²) in [7, 11) is 0. The number of nitrogens with one attached hydrogen (secondary N) is 1. The fraction of sp³-hybridized carbons (Fsp3) is 0.105. The summed E-state index contributed by atoms with van der Waals surface area (Å²) in [5, 5.41) is 12.4. The molecule has 0 aliphatic carbocycles. The van der Waals surface area contributed by atoms with Crippen LogP contribution in [0.1, 0.15) is 11.1 Å². The van der Waals surface area contributed by atoms with E-state index in [9.17, 15) is 4.79 Å². The number of nitrogens with zero attached hydrogens (tertiary/aromatic N) is 2. The lowest BCUT2D eigenvalue weighted by Crippen LogP contribution is -2.19. The van der Waals surface area contributed by atoms with Gasteiger partial charge in [0.2, 0.25) is 0 Å². The van der Waals surface area contributed by atoms with E-state index >= 15 is 0 Å². The van der Waals surface area contributed by atoms with Gasteiger partial charge in [-0.3, -0.25) is 4.79 Å². The van der Waals surface area contributed by atoms with Crippen molar-refractivity contribution in [2.75, 3.05) is 6.61 Å². The molecule has 0 spiro atoms. The monoisotopic (exact) mass is 383 g/mol. The van der Waals surface area contributed by atoms with E-state index < -0.39 is 0 Å². The average Bonchev–Trinajstić information content (AvgIpc) is 2.97. The van der Waals surface area contributed by atoms with Crippen LogP contribution in [0, 0.1) is 18.3 Å². The van der Waals surface area contributed by atoms with Crippen LogP contribution in [0.3, 0.4) is 0 Å². The molecule has 1 aliphatic heterocycles. The normalized spacial score (nSPS) is 16.6. The number of aliphatic imine (C=N–C) groups is 1. The number of benzene rings is 2. The number of ether oxygens (including phenoxy) is 1. The molecule has 1 N–H and O–H groups in total. The Labute approximate surface area is 160 Å². The van der Waals surface area contributed by atoms with E-state index in [1.165, 1.54) is 11.8 Å². The molecule has 2 aromatic rings. The number of halogens is 1. The van der Waals surface area contributed by atoms with Gasteiger partial charge in [0.1, 0.15) is 11.8 Å². The lowest BCUT2D eigenvalue weighted by molar-refractivity contribution is -0.115. The minimum atomic E-state index is -0.196. The summed E-state index contributed by atoms with van der Waals surface area (Å²) < 4.78 is 5.21. The number of amidine groups is 1. The first-order valence-corrected chi connectivity index (χ1v) is 8.91. The molecule has 1 heterocycles. The highest BCUT2D eigenvalue weighted by Crippen LogP contribution is 2.31. The Morgan fingerprint density at radius 2 is 2.08 bits per heavy atom. The maximum Gasteiger partial charge on any atom is 0.264 e. The molecule has 0 saturated carbocycles. The van der Waals surface area contributed by atoms with Gasteiger partial charge in [-0.1, -0.05) is 29.8 Å². The maximum atomic E-state index is 12.2. The zero-order valence-corrected chi connectivity index (χ0v) is 15.4. The second kappa shape index (κ2) is 8.09. The SMILES string of the molecule is Cc1c(Cl)cccc1N=C1NC(=O)/C(=C/c2ccc(OCC#N)cc2)S1. The lowest BCUT2D eigenvalue weighted by Gasteiger charge is -2.02. The van der Waals surface area contributed by atoms with Gasteiger partial charge in [-0.25, -0.2) is 4.99 Å². The fourth-order valence-corrected chi connectivity index (χ4v) is 3.24. The summed E-state index contributed by atoms with van der Waals surface area (Å²) in [4.78, 5) is 17.2. The largest absolute Gasteiger partial charge is 0.479 e. The van der Waals surface area contributed by atoms with Crippen LogP contribution in [-0.2, 0) is 4.79 Å². The highest BCUT2D eigenvalue weighted by molar-refractivity contribution is 8.18. The van der Waals surface area contributed by atoms with Crippen LogP contribution in [0.5, 0.6) is 5.75 Å². The number of thioether (sulfide) groups is 1. The van der Waals surface area contributed by atoms with Gasteiger partial charge in [0.05, 0.1) is 10.6 Å². The van der Waals surface area contributed by atoms with Crippen molar-refractivity contribution in [1.82, 2.24) is 5.32 Å². The molecular formula is C19H14ClN3O2S. The number of hydrogen-bond donors (Lipinski definition) is 1. The Morgan fingerprint density at radius 1 is 1.31 bits per heavy atom. The Bertz CT molecular complexity index is 946. The Kier molecular flexibility index (Phi) is 5.61. The van der Waals surface area contributed by atoms with Crippen molar-refractivity contribution in [3.05, 3.63) is 63.5 Å². The van der Waals surface area contributed by atoms with Gasteiger partial charge in [-0.05, 0) is 60.2 Å². The Balaban J connectivity index is 1.77. The van der Waals surface area contributed by atoms with E-state index in [4.69, 9.17) is 21.6 Å². The van der Waals surface area contributed by atoms with Gasteiger partial charge in [0.25, 0.3) is 5.91 Å². The molecule has 0 bridgehead atoms. The number of amides is 1. The third-order valence-corrected chi connectivity index (χ3v) is 4.91. The van der Waals surface area contributed by atoms with Crippen LogP contribution >= 0.6 is 23.4 Å². The number of hydrogen-bond acceptors (Lipinski definition) is 5. The predicted molar refractivity (Wildman–Crippen MR) is 105 cm³/mol. The smallest absolute Gasteiger partial charge is 0.264 e. The summed E-state index contributed by atoms with van der Waals surface area (Å²) in [6, 6.07) is 14.5. The third kappa shape index (κ3) is 4.26. The molecule has 1 aliphatic rings. The van der Waals surface area contributed by atoms with Gasteiger partial charge in [0.15, 0.2) is 11.8 Å². The molecule has 1 saturated heterocycles. The van der Waals surface area contributed by atoms with Crippen molar-refractivity contribution in [3.8, 4) is 11.8 Å². The van der Waals surface area contributed by atoms with E-state index in [2.05, 4.69) is 10.3 Å². The quantitative estimate of drug-likeness (QED) is 0.792. The number of nitriles is 1. The molecule has 1 fully saturated rings. The summed E-state index contributed by atoms with van der Waals surface area (Å²) in [5.74, 6) is 0.411. The third-order valence-electron chi connectivity index (χ3n) is 3.59. The van der Waals surface area contributed by atoms with E-state index in [-0.39, 0.29) is 12.5 Å². The first-order valence-electron chi connectivity index (χ1n) is 7.71. The summed E-state index contributed by atoms with van der Waals surface area (Å²) in [5.41, 5.74) is 2.44. The molecule has 0 unspecified atom stereocenters. The molecule has 7 heteroatoms. The zero-order chi connectivity index (χ0) is 18.5. The molecule has 0 aromatic heterocycles. The molecule has 0 atom stereocenters. The van der Waals surface area contributed by atoms with E-state index in [1.54, 1.807) is 24.3 Å². The van der Waals surface area contributed by atoms with Gasteiger partial charge in [-0.2, -0.15) is 5.26 Å². The van der Waals surface area contributed by atoms with Gasteiger partial charge in [0, 0.05) is 5.02 Å². The maximum absolute atomic E-state index is 12.2. The van der Waals surface area contributed by atoms with Crippen molar-refractivity contribution in [2.45, 2.75) is 6.92 Å². The minimum Gasteiger partial charge on any atom is -0.479 e. The molecule has 1 amide bonds. The van der Waals surface area contributed by atoms with E-state index in [0.717, 1.165) is 16.8 Å². The van der Waals surface area contributed by atoms with Crippen LogP contribution in [-0.4, -0.2) is 17.7 Å².